The van der Waals surface area contributed by atoms with Crippen molar-refractivity contribution in [1.29, 1.82) is 0 Å². The molecule has 0 unspecified atom stereocenters. The summed E-state index contributed by atoms with van der Waals surface area (Å²) in [6.07, 6.45) is 0. The first-order chi connectivity index (χ1) is 8.99. The summed E-state index contributed by atoms with van der Waals surface area (Å²) < 4.78 is 2.65. The van der Waals surface area contributed by atoms with E-state index in [4.69, 9.17) is 5.73 Å². The van der Waals surface area contributed by atoms with Gasteiger partial charge in [-0.15, -0.1) is 11.3 Å². The summed E-state index contributed by atoms with van der Waals surface area (Å²) in [5.41, 5.74) is 8.06. The Bertz CT molecular complexity index is 605. The number of nitrogens with one attached hydrogen (secondary N) is 1. The van der Waals surface area contributed by atoms with Gasteiger partial charge in [0, 0.05) is 9.35 Å². The maximum atomic E-state index is 11.9. The molecule has 0 saturated carbocycles. The van der Waals surface area contributed by atoms with Crippen LogP contribution in [0.4, 0.5) is 5.69 Å². The molecule has 0 saturated heterocycles. The lowest BCUT2D eigenvalue weighted by Gasteiger charge is -2.06. The average Bonchev–Trinajstić information content (AvgIpc) is 2.87. The van der Waals surface area contributed by atoms with Gasteiger partial charge in [-0.1, -0.05) is 0 Å². The van der Waals surface area contributed by atoms with Gasteiger partial charge >= 0.3 is 0 Å². The quantitative estimate of drug-likeness (QED) is 0.894. The molecule has 0 aliphatic heterocycles. The molecule has 2 aromatic heterocycles. The molecule has 2 rings (SSSR count). The van der Waals surface area contributed by atoms with Gasteiger partial charge in [0.2, 0.25) is 5.91 Å². The van der Waals surface area contributed by atoms with Gasteiger partial charge in [0.25, 0.3) is 0 Å². The summed E-state index contributed by atoms with van der Waals surface area (Å²) in [5.74, 6) is -0.0779. The Balaban J connectivity index is 1.94. The molecule has 1 amide bonds. The van der Waals surface area contributed by atoms with Crippen LogP contribution >= 0.6 is 27.3 Å². The first-order valence-electron chi connectivity index (χ1n) is 5.77. The van der Waals surface area contributed by atoms with E-state index in [1.54, 1.807) is 16.0 Å². The van der Waals surface area contributed by atoms with E-state index in [0.717, 1.165) is 20.7 Å². The van der Waals surface area contributed by atoms with E-state index in [9.17, 15) is 4.79 Å². The van der Waals surface area contributed by atoms with Crippen molar-refractivity contribution < 1.29 is 4.79 Å². The molecule has 19 heavy (non-hydrogen) atoms. The molecule has 7 heteroatoms. The summed E-state index contributed by atoms with van der Waals surface area (Å²) >= 11 is 5.04. The van der Waals surface area contributed by atoms with Crippen molar-refractivity contribution in [1.82, 2.24) is 15.1 Å². The molecule has 0 aliphatic carbocycles. The lowest BCUT2D eigenvalue weighted by molar-refractivity contribution is -0.122. The molecule has 2 heterocycles. The van der Waals surface area contributed by atoms with Gasteiger partial charge in [-0.2, -0.15) is 5.10 Å². The Hall–Kier alpha value is -1.34. The molecule has 0 atom stereocenters. The molecule has 0 radical (unpaired) electrons. The van der Waals surface area contributed by atoms with Gasteiger partial charge in [-0.3, -0.25) is 9.48 Å². The zero-order valence-electron chi connectivity index (χ0n) is 10.7. The molecule has 102 valence electrons. The molecule has 2 aromatic rings. The number of nitrogens with zero attached hydrogens (tertiary/aromatic N) is 2. The standard InChI is InChI=1S/C12H15BrN4OS/c1-7-12(14)8(2)17(16-7)6-11(18)15-5-10-9(13)3-4-19-10/h3-4H,5-6,14H2,1-2H3,(H,15,18). The molecule has 3 N–H and O–H groups in total. The summed E-state index contributed by atoms with van der Waals surface area (Å²) in [7, 11) is 0. The fraction of sp³-hybridized carbons (Fsp3) is 0.333. The van der Waals surface area contributed by atoms with Crippen molar-refractivity contribution in [2.24, 2.45) is 0 Å². The average molecular weight is 343 g/mol. The van der Waals surface area contributed by atoms with Crippen molar-refractivity contribution >= 4 is 38.9 Å². The van der Waals surface area contributed by atoms with Gasteiger partial charge in [-0.25, -0.2) is 0 Å². The van der Waals surface area contributed by atoms with Crippen LogP contribution in [-0.4, -0.2) is 15.7 Å². The van der Waals surface area contributed by atoms with Crippen molar-refractivity contribution in [2.75, 3.05) is 5.73 Å². The smallest absolute Gasteiger partial charge is 0.242 e. The largest absolute Gasteiger partial charge is 0.396 e. The van der Waals surface area contributed by atoms with Crippen molar-refractivity contribution in [3.63, 3.8) is 0 Å². The highest BCUT2D eigenvalue weighted by atomic mass is 79.9. The van der Waals surface area contributed by atoms with E-state index in [1.165, 1.54) is 0 Å². The third-order valence-electron chi connectivity index (χ3n) is 2.87. The molecule has 0 spiro atoms. The number of nitrogen functional groups attached to an aromatic ring is 1. The topological polar surface area (TPSA) is 72.9 Å². The number of thiophene rings is 1. The number of aromatic nitrogens is 2. The minimum Gasteiger partial charge on any atom is -0.396 e. The third-order valence-corrected chi connectivity index (χ3v) is 4.79. The van der Waals surface area contributed by atoms with Gasteiger partial charge < -0.3 is 11.1 Å². The van der Waals surface area contributed by atoms with Crippen LogP contribution in [0.15, 0.2) is 15.9 Å². The summed E-state index contributed by atoms with van der Waals surface area (Å²) in [6, 6.07) is 1.97. The normalized spacial score (nSPS) is 10.7. The summed E-state index contributed by atoms with van der Waals surface area (Å²) in [6.45, 7) is 4.40. The molecule has 5 nitrogen and oxygen atoms in total. The van der Waals surface area contributed by atoms with E-state index in [-0.39, 0.29) is 12.5 Å². The zero-order chi connectivity index (χ0) is 14.0. The third kappa shape index (κ3) is 3.16. The van der Waals surface area contributed by atoms with E-state index < -0.39 is 0 Å². The van der Waals surface area contributed by atoms with Crippen LogP contribution in [0.1, 0.15) is 16.3 Å². The predicted molar refractivity (Wildman–Crippen MR) is 80.0 cm³/mol. The number of nitrogens with two attached hydrogens (primary N) is 1. The number of halogens is 1. The second-order valence-electron chi connectivity index (χ2n) is 4.21. The molecule has 0 bridgehead atoms. The van der Waals surface area contributed by atoms with Crippen LogP contribution in [0.5, 0.6) is 0 Å². The Morgan fingerprint density at radius 3 is 2.84 bits per heavy atom. The molecule has 0 aliphatic rings. The van der Waals surface area contributed by atoms with Crippen LogP contribution in [0, 0.1) is 13.8 Å². The van der Waals surface area contributed by atoms with Crippen LogP contribution < -0.4 is 11.1 Å². The molecular formula is C12H15BrN4OS. The second-order valence-corrected chi connectivity index (χ2v) is 6.07. The number of anilines is 1. The second kappa shape index (κ2) is 5.75. The van der Waals surface area contributed by atoms with Gasteiger partial charge in [0.15, 0.2) is 0 Å². The summed E-state index contributed by atoms with van der Waals surface area (Å²) in [4.78, 5) is 13.0. The fourth-order valence-electron chi connectivity index (χ4n) is 1.69. The Labute approximate surface area is 123 Å². The van der Waals surface area contributed by atoms with Crippen molar-refractivity contribution in [3.8, 4) is 0 Å². The van der Waals surface area contributed by atoms with Gasteiger partial charge in [-0.05, 0) is 41.2 Å². The number of hydrogen-bond acceptors (Lipinski definition) is 4. The maximum absolute atomic E-state index is 11.9. The molecule has 0 fully saturated rings. The van der Waals surface area contributed by atoms with Gasteiger partial charge in [0.1, 0.15) is 6.54 Å². The number of amides is 1. The van der Waals surface area contributed by atoms with E-state index in [1.807, 2.05) is 25.3 Å². The SMILES string of the molecule is Cc1nn(CC(=O)NCc2sccc2Br)c(C)c1N. The van der Waals surface area contributed by atoms with Gasteiger partial charge in [0.05, 0.1) is 23.6 Å². The minimum atomic E-state index is -0.0779. The van der Waals surface area contributed by atoms with Crippen LogP contribution in [-0.2, 0) is 17.9 Å². The number of hydrogen-bond donors (Lipinski definition) is 2. The Morgan fingerprint density at radius 1 is 1.58 bits per heavy atom. The van der Waals surface area contributed by atoms with Crippen LogP contribution in [0.25, 0.3) is 0 Å². The first kappa shape index (κ1) is 14.1. The maximum Gasteiger partial charge on any atom is 0.242 e. The highest BCUT2D eigenvalue weighted by Crippen LogP contribution is 2.22. The number of carbonyl (C=O) groups excluding carboxylic acids is 1. The first-order valence-corrected chi connectivity index (χ1v) is 7.44. The lowest BCUT2D eigenvalue weighted by Crippen LogP contribution is -2.27. The fourth-order valence-corrected chi connectivity index (χ4v) is 3.12. The minimum absolute atomic E-state index is 0.0779. The van der Waals surface area contributed by atoms with Crippen LogP contribution in [0.3, 0.4) is 0 Å². The highest BCUT2D eigenvalue weighted by Gasteiger charge is 2.11. The molecular weight excluding hydrogens is 328 g/mol. The predicted octanol–water partition coefficient (Wildman–Crippen LogP) is 2.22. The number of aryl methyl sites for hydroxylation is 1. The van der Waals surface area contributed by atoms with E-state index in [0.29, 0.717) is 12.2 Å². The van der Waals surface area contributed by atoms with Crippen molar-refractivity contribution in [2.45, 2.75) is 26.9 Å². The van der Waals surface area contributed by atoms with E-state index >= 15 is 0 Å². The molecule has 0 aromatic carbocycles. The van der Waals surface area contributed by atoms with Crippen molar-refractivity contribution in [3.05, 3.63) is 32.2 Å². The lowest BCUT2D eigenvalue weighted by atomic mass is 10.3. The highest BCUT2D eigenvalue weighted by molar-refractivity contribution is 9.10. The number of rotatable bonds is 4. The Kier molecular flexibility index (Phi) is 4.26. The monoisotopic (exact) mass is 342 g/mol. The Morgan fingerprint density at radius 2 is 2.32 bits per heavy atom. The summed E-state index contributed by atoms with van der Waals surface area (Å²) in [5, 5.41) is 9.09. The van der Waals surface area contributed by atoms with Crippen LogP contribution in [0.2, 0.25) is 0 Å². The van der Waals surface area contributed by atoms with E-state index in [2.05, 4.69) is 26.3 Å². The zero-order valence-corrected chi connectivity index (χ0v) is 13.1. The number of carbonyl (C=O) groups is 1.